The van der Waals surface area contributed by atoms with E-state index in [2.05, 4.69) is 4.98 Å². The summed E-state index contributed by atoms with van der Waals surface area (Å²) in [6, 6.07) is 4.79. The van der Waals surface area contributed by atoms with Crippen molar-refractivity contribution in [1.29, 1.82) is 0 Å². The van der Waals surface area contributed by atoms with Gasteiger partial charge in [-0.25, -0.2) is 13.8 Å². The van der Waals surface area contributed by atoms with Crippen LogP contribution in [0.2, 0.25) is 5.15 Å². The molecule has 20 heavy (non-hydrogen) atoms. The lowest BCUT2D eigenvalue weighted by atomic mass is 10.2. The minimum absolute atomic E-state index is 0.113. The van der Waals surface area contributed by atoms with Crippen LogP contribution in [0.5, 0.6) is 0 Å². The lowest BCUT2D eigenvalue weighted by Gasteiger charge is -2.12. The maximum Gasteiger partial charge on any atom is 0.255 e. The van der Waals surface area contributed by atoms with Crippen LogP contribution in [0.25, 0.3) is 0 Å². The van der Waals surface area contributed by atoms with Gasteiger partial charge < -0.3 is 0 Å². The predicted molar refractivity (Wildman–Crippen MR) is 70.9 cm³/mol. The Morgan fingerprint density at radius 2 is 1.95 bits per heavy atom. The van der Waals surface area contributed by atoms with Gasteiger partial charge in [-0.2, -0.15) is 0 Å². The van der Waals surface area contributed by atoms with Crippen molar-refractivity contribution in [3.8, 4) is 0 Å². The Bertz CT molecular complexity index is 705. The van der Waals surface area contributed by atoms with Crippen LogP contribution in [0.4, 0.5) is 8.78 Å². The average molecular weight is 297 g/mol. The van der Waals surface area contributed by atoms with E-state index in [1.165, 1.54) is 22.8 Å². The summed E-state index contributed by atoms with van der Waals surface area (Å²) < 4.78 is 28.7. The van der Waals surface area contributed by atoms with E-state index in [1.54, 1.807) is 0 Å². The van der Waals surface area contributed by atoms with Gasteiger partial charge in [0.15, 0.2) is 0 Å². The fraction of sp³-hybridized carbons (Fsp3) is 0.286. The molecule has 1 aromatic heterocycles. The van der Waals surface area contributed by atoms with Gasteiger partial charge in [0.2, 0.25) is 0 Å². The van der Waals surface area contributed by atoms with Crippen LogP contribution in [0.15, 0.2) is 29.1 Å². The number of nitrogens with zero attached hydrogens (tertiary/aromatic N) is 2. The quantitative estimate of drug-likeness (QED) is 0.816. The predicted octanol–water partition coefficient (Wildman–Crippen LogP) is 3.10. The molecule has 0 unspecified atom stereocenters. The first-order valence-electron chi connectivity index (χ1n) is 6.26. The Balaban J connectivity index is 2.09. The lowest BCUT2D eigenvalue weighted by molar-refractivity contribution is 0.533. The molecule has 0 amide bonds. The van der Waals surface area contributed by atoms with E-state index in [1.807, 2.05) is 0 Å². The summed E-state index contributed by atoms with van der Waals surface area (Å²) in [6.45, 7) is -0.173. The third kappa shape index (κ3) is 2.45. The molecule has 0 saturated heterocycles. The second kappa shape index (κ2) is 4.98. The van der Waals surface area contributed by atoms with Gasteiger partial charge in [0.25, 0.3) is 5.56 Å². The van der Waals surface area contributed by atoms with E-state index < -0.39 is 17.2 Å². The molecule has 0 aliphatic heterocycles. The number of hydrogen-bond donors (Lipinski definition) is 0. The summed E-state index contributed by atoms with van der Waals surface area (Å²) in [7, 11) is 0. The summed E-state index contributed by atoms with van der Waals surface area (Å²) in [5.74, 6) is -0.691. The molecule has 1 heterocycles. The van der Waals surface area contributed by atoms with Gasteiger partial charge in [0, 0.05) is 17.5 Å². The van der Waals surface area contributed by atoms with Crippen LogP contribution in [0.1, 0.15) is 30.1 Å². The highest BCUT2D eigenvalue weighted by atomic mass is 35.5. The van der Waals surface area contributed by atoms with Crippen LogP contribution in [-0.2, 0) is 6.54 Å². The Morgan fingerprint density at radius 1 is 1.30 bits per heavy atom. The summed E-state index contributed by atoms with van der Waals surface area (Å²) in [6.07, 6.45) is 1.82. The maximum atomic E-state index is 13.7. The van der Waals surface area contributed by atoms with Crippen LogP contribution in [0.3, 0.4) is 0 Å². The van der Waals surface area contributed by atoms with Crippen molar-refractivity contribution in [1.82, 2.24) is 9.55 Å². The third-order valence-electron chi connectivity index (χ3n) is 3.33. The normalized spacial score (nSPS) is 14.6. The highest BCUT2D eigenvalue weighted by Crippen LogP contribution is 2.39. The number of rotatable bonds is 3. The van der Waals surface area contributed by atoms with E-state index in [-0.39, 0.29) is 23.2 Å². The zero-order chi connectivity index (χ0) is 14.3. The van der Waals surface area contributed by atoms with E-state index in [9.17, 15) is 13.6 Å². The van der Waals surface area contributed by atoms with Crippen molar-refractivity contribution >= 4 is 11.6 Å². The van der Waals surface area contributed by atoms with Crippen LogP contribution in [-0.4, -0.2) is 9.55 Å². The van der Waals surface area contributed by atoms with Gasteiger partial charge in [-0.1, -0.05) is 17.7 Å². The fourth-order valence-electron chi connectivity index (χ4n) is 2.15. The zero-order valence-corrected chi connectivity index (χ0v) is 11.2. The van der Waals surface area contributed by atoms with E-state index in [4.69, 9.17) is 11.6 Å². The monoisotopic (exact) mass is 296 g/mol. The first-order chi connectivity index (χ1) is 9.56. The molecule has 0 atom stereocenters. The maximum absolute atomic E-state index is 13.7. The zero-order valence-electron chi connectivity index (χ0n) is 10.4. The number of hydrogen-bond acceptors (Lipinski definition) is 2. The molecule has 1 aromatic carbocycles. The molecule has 1 saturated carbocycles. The van der Waals surface area contributed by atoms with Crippen LogP contribution >= 0.6 is 11.6 Å². The summed E-state index contributed by atoms with van der Waals surface area (Å²) >= 11 is 5.79. The minimum Gasteiger partial charge on any atom is -0.292 e. The summed E-state index contributed by atoms with van der Waals surface area (Å²) in [5, 5.41) is 0.113. The van der Waals surface area contributed by atoms with Crippen molar-refractivity contribution in [2.75, 3.05) is 0 Å². The Kier molecular flexibility index (Phi) is 3.30. The number of halogens is 3. The number of aromatic nitrogens is 2. The molecule has 6 heteroatoms. The molecular weight excluding hydrogens is 286 g/mol. The van der Waals surface area contributed by atoms with Gasteiger partial charge in [0.05, 0.1) is 6.54 Å². The summed E-state index contributed by atoms with van der Waals surface area (Å²) in [4.78, 5) is 16.1. The molecule has 3 rings (SSSR count). The third-order valence-corrected chi connectivity index (χ3v) is 3.52. The SMILES string of the molecule is O=c1cc(Cl)nc(C2CC2)n1Cc1c(F)cccc1F. The molecule has 1 aliphatic carbocycles. The van der Waals surface area contributed by atoms with Crippen molar-refractivity contribution in [2.45, 2.75) is 25.3 Å². The summed E-state index contributed by atoms with van der Waals surface area (Å²) in [5.41, 5.74) is -0.532. The minimum atomic E-state index is -0.673. The largest absolute Gasteiger partial charge is 0.292 e. The van der Waals surface area contributed by atoms with E-state index in [0.29, 0.717) is 5.82 Å². The topological polar surface area (TPSA) is 34.9 Å². The molecule has 1 fully saturated rings. The second-order valence-corrected chi connectivity index (χ2v) is 5.22. The molecule has 2 aromatic rings. The first-order valence-corrected chi connectivity index (χ1v) is 6.64. The Hall–Kier alpha value is -1.75. The molecule has 0 N–H and O–H groups in total. The number of benzene rings is 1. The van der Waals surface area contributed by atoms with E-state index in [0.717, 1.165) is 18.9 Å². The molecule has 0 spiro atoms. The van der Waals surface area contributed by atoms with Gasteiger partial charge in [-0.15, -0.1) is 0 Å². The van der Waals surface area contributed by atoms with E-state index >= 15 is 0 Å². The smallest absolute Gasteiger partial charge is 0.255 e. The van der Waals surface area contributed by atoms with Crippen molar-refractivity contribution in [3.63, 3.8) is 0 Å². The highest BCUT2D eigenvalue weighted by Gasteiger charge is 2.29. The molecule has 0 bridgehead atoms. The lowest BCUT2D eigenvalue weighted by Crippen LogP contribution is -2.25. The van der Waals surface area contributed by atoms with Gasteiger partial charge in [-0.05, 0) is 25.0 Å². The fourth-order valence-corrected chi connectivity index (χ4v) is 2.33. The van der Waals surface area contributed by atoms with Crippen molar-refractivity contribution in [2.24, 2.45) is 0 Å². The molecule has 1 aliphatic rings. The van der Waals surface area contributed by atoms with Crippen LogP contribution in [0, 0.1) is 11.6 Å². The molecular formula is C14H11ClF2N2O. The average Bonchev–Trinajstić information content (AvgIpc) is 3.19. The standard InChI is InChI=1S/C14H11ClF2N2O/c15-12-6-13(20)19(14(18-12)8-4-5-8)7-9-10(16)2-1-3-11(9)17/h1-3,6,8H,4-5,7H2. The Labute approximate surface area is 118 Å². The molecule has 0 radical (unpaired) electrons. The molecule has 104 valence electrons. The van der Waals surface area contributed by atoms with Crippen molar-refractivity contribution in [3.05, 3.63) is 62.8 Å². The van der Waals surface area contributed by atoms with Gasteiger partial charge >= 0.3 is 0 Å². The molecule has 3 nitrogen and oxygen atoms in total. The van der Waals surface area contributed by atoms with Gasteiger partial charge in [-0.3, -0.25) is 9.36 Å². The van der Waals surface area contributed by atoms with Crippen molar-refractivity contribution < 1.29 is 8.78 Å². The highest BCUT2D eigenvalue weighted by molar-refractivity contribution is 6.29. The Morgan fingerprint density at radius 3 is 2.55 bits per heavy atom. The van der Waals surface area contributed by atoms with Crippen LogP contribution < -0.4 is 5.56 Å². The second-order valence-electron chi connectivity index (χ2n) is 4.84. The first kappa shape index (κ1) is 13.2. The van der Waals surface area contributed by atoms with Gasteiger partial charge in [0.1, 0.15) is 22.6 Å².